The summed E-state index contributed by atoms with van der Waals surface area (Å²) in [6.45, 7) is 4.31. The number of rotatable bonds is 12. The maximum atomic E-state index is 13.2. The molecule has 1 aromatic heterocycles. The molecule has 0 aliphatic heterocycles. The van der Waals surface area contributed by atoms with E-state index < -0.39 is 11.8 Å². The Morgan fingerprint density at radius 2 is 1.34 bits per heavy atom. The highest BCUT2D eigenvalue weighted by Gasteiger charge is 2.20. The number of carbonyl (C=O) groups is 2. The van der Waals surface area contributed by atoms with E-state index in [-0.39, 0.29) is 46.3 Å². The van der Waals surface area contributed by atoms with Crippen molar-refractivity contribution in [1.29, 1.82) is 0 Å². The molecule has 0 aliphatic rings. The number of hydrogen-bond donors (Lipinski definition) is 4. The van der Waals surface area contributed by atoms with E-state index in [9.17, 15) is 9.59 Å². The second kappa shape index (κ2) is 13.8. The van der Waals surface area contributed by atoms with Crippen LogP contribution in [0.1, 0.15) is 34.6 Å². The molecule has 2 unspecified atom stereocenters. The first-order valence-corrected chi connectivity index (χ1v) is 12.7. The van der Waals surface area contributed by atoms with Crippen LogP contribution < -0.4 is 29.6 Å². The lowest BCUT2D eigenvalue weighted by Gasteiger charge is -2.16. The number of benzene rings is 2. The first kappa shape index (κ1) is 28.9. The monoisotopic (exact) mass is 558 g/mol. The molecule has 2 aromatic carbocycles. The summed E-state index contributed by atoms with van der Waals surface area (Å²) in [6.07, 6.45) is 2.64. The van der Waals surface area contributed by atoms with E-state index in [4.69, 9.17) is 18.9 Å². The highest BCUT2D eigenvalue weighted by molar-refractivity contribution is 7.81. The van der Waals surface area contributed by atoms with E-state index in [1.807, 2.05) is 13.8 Å². The number of carbonyl (C=O) groups excluding carboxylic acids is 2. The first-order valence-electron chi connectivity index (χ1n) is 11.6. The predicted octanol–water partition coefficient (Wildman–Crippen LogP) is 4.39. The van der Waals surface area contributed by atoms with Crippen LogP contribution in [0.3, 0.4) is 0 Å². The van der Waals surface area contributed by atoms with Gasteiger partial charge in [-0.05, 0) is 24.3 Å². The molecule has 0 fully saturated rings. The fourth-order valence-corrected chi connectivity index (χ4v) is 3.33. The SMILES string of the molecule is COc1ccc(C(=O)Nc2cncnc2NC(=O)c2ccc(OC)cc2OCC(C)S)c(OCC(C)S)c1. The fraction of sp³-hybridized carbons (Fsp3) is 0.308. The van der Waals surface area contributed by atoms with Crippen LogP contribution in [0.15, 0.2) is 48.9 Å². The molecule has 3 rings (SSSR count). The summed E-state index contributed by atoms with van der Waals surface area (Å²) in [5.41, 5.74) is 0.699. The Kier molecular flexibility index (Phi) is 10.5. The van der Waals surface area contributed by atoms with Crippen LogP contribution in [0.5, 0.6) is 23.0 Å². The smallest absolute Gasteiger partial charge is 0.260 e. The maximum Gasteiger partial charge on any atom is 0.260 e. The number of nitrogens with zero attached hydrogens (tertiary/aromatic N) is 2. The highest BCUT2D eigenvalue weighted by atomic mass is 32.1. The van der Waals surface area contributed by atoms with E-state index in [1.54, 1.807) is 36.4 Å². The van der Waals surface area contributed by atoms with Gasteiger partial charge in [0, 0.05) is 22.6 Å². The Balaban J connectivity index is 1.84. The Morgan fingerprint density at radius 3 is 1.82 bits per heavy atom. The number of anilines is 2. The average Bonchev–Trinajstić information content (AvgIpc) is 2.91. The van der Waals surface area contributed by atoms with Gasteiger partial charge in [-0.25, -0.2) is 9.97 Å². The number of amides is 2. The lowest BCUT2D eigenvalue weighted by atomic mass is 10.1. The minimum atomic E-state index is -0.500. The van der Waals surface area contributed by atoms with Crippen LogP contribution in [0, 0.1) is 0 Å². The van der Waals surface area contributed by atoms with Gasteiger partial charge in [0.05, 0.1) is 44.8 Å². The fourth-order valence-electron chi connectivity index (χ4n) is 3.18. The summed E-state index contributed by atoms with van der Waals surface area (Å²) in [6, 6.07) is 9.68. The summed E-state index contributed by atoms with van der Waals surface area (Å²) < 4.78 is 22.1. The van der Waals surface area contributed by atoms with Crippen molar-refractivity contribution in [2.24, 2.45) is 0 Å². The summed E-state index contributed by atoms with van der Waals surface area (Å²) in [5.74, 6) is 0.815. The quantitative estimate of drug-likeness (QED) is 0.242. The molecule has 2 amide bonds. The van der Waals surface area contributed by atoms with Gasteiger partial charge in [0.2, 0.25) is 0 Å². The van der Waals surface area contributed by atoms with Crippen LogP contribution in [-0.2, 0) is 0 Å². The number of aromatic nitrogens is 2. The number of nitrogens with one attached hydrogen (secondary N) is 2. The van der Waals surface area contributed by atoms with Crippen molar-refractivity contribution in [3.05, 3.63) is 60.0 Å². The van der Waals surface area contributed by atoms with Crippen molar-refractivity contribution < 1.29 is 28.5 Å². The molecule has 0 saturated carbocycles. The zero-order chi connectivity index (χ0) is 27.7. The molecule has 1 heterocycles. The largest absolute Gasteiger partial charge is 0.497 e. The van der Waals surface area contributed by atoms with Crippen molar-refractivity contribution in [2.75, 3.05) is 38.1 Å². The first-order chi connectivity index (χ1) is 18.2. The van der Waals surface area contributed by atoms with Crippen LogP contribution in [-0.4, -0.2) is 59.7 Å². The van der Waals surface area contributed by atoms with E-state index >= 15 is 0 Å². The van der Waals surface area contributed by atoms with Gasteiger partial charge < -0.3 is 29.6 Å². The number of ether oxygens (including phenoxy) is 4. The van der Waals surface area contributed by atoms with Gasteiger partial charge in [0.15, 0.2) is 5.82 Å². The maximum absolute atomic E-state index is 13.2. The Bertz CT molecular complexity index is 1180. The molecule has 0 saturated heterocycles. The summed E-state index contributed by atoms with van der Waals surface area (Å²) in [5, 5.41) is 5.35. The van der Waals surface area contributed by atoms with Crippen molar-refractivity contribution >= 4 is 48.6 Å². The summed E-state index contributed by atoms with van der Waals surface area (Å²) >= 11 is 8.65. The molecule has 0 radical (unpaired) electrons. The third-order valence-electron chi connectivity index (χ3n) is 5.02. The minimum absolute atomic E-state index is 0.0516. The minimum Gasteiger partial charge on any atom is -0.497 e. The van der Waals surface area contributed by atoms with Crippen molar-refractivity contribution in [3.8, 4) is 23.0 Å². The van der Waals surface area contributed by atoms with Crippen molar-refractivity contribution in [2.45, 2.75) is 24.3 Å². The molecule has 2 N–H and O–H groups in total. The van der Waals surface area contributed by atoms with Gasteiger partial charge in [-0.1, -0.05) is 13.8 Å². The highest BCUT2D eigenvalue weighted by Crippen LogP contribution is 2.29. The molecule has 12 heteroatoms. The van der Waals surface area contributed by atoms with E-state index in [0.29, 0.717) is 23.0 Å². The van der Waals surface area contributed by atoms with Gasteiger partial charge in [-0.15, -0.1) is 0 Å². The molecule has 0 bridgehead atoms. The van der Waals surface area contributed by atoms with Gasteiger partial charge in [-0.3, -0.25) is 9.59 Å². The van der Waals surface area contributed by atoms with E-state index in [1.165, 1.54) is 26.7 Å². The molecule has 0 aliphatic carbocycles. The third kappa shape index (κ3) is 7.93. The van der Waals surface area contributed by atoms with Crippen LogP contribution in [0.25, 0.3) is 0 Å². The molecule has 202 valence electrons. The standard InChI is InChI=1S/C26H30N4O6S2/c1-15(37)12-35-22-9-17(33-3)5-7-19(22)25(31)29-21-11-27-14-28-24(21)30-26(32)20-8-6-18(34-4)10-23(20)36-13-16(2)38/h5-11,14-16,37-38H,12-13H2,1-4H3,(H,29,31)(H,27,28,30,32). The number of thiol groups is 2. The van der Waals surface area contributed by atoms with Crippen molar-refractivity contribution in [1.82, 2.24) is 9.97 Å². The Labute approximate surface area is 232 Å². The molecule has 2 atom stereocenters. The Morgan fingerprint density at radius 1 is 0.842 bits per heavy atom. The van der Waals surface area contributed by atoms with Crippen molar-refractivity contribution in [3.63, 3.8) is 0 Å². The third-order valence-corrected chi connectivity index (χ3v) is 5.32. The molecule has 10 nitrogen and oxygen atoms in total. The lowest BCUT2D eigenvalue weighted by Crippen LogP contribution is -2.20. The van der Waals surface area contributed by atoms with Crippen LogP contribution >= 0.6 is 25.3 Å². The zero-order valence-electron chi connectivity index (χ0n) is 21.4. The normalized spacial score (nSPS) is 12.2. The number of methoxy groups -OCH3 is 2. The number of hydrogen-bond acceptors (Lipinski definition) is 10. The van der Waals surface area contributed by atoms with Gasteiger partial charge in [0.1, 0.15) is 35.0 Å². The second-order valence-corrected chi connectivity index (χ2v) is 10.0. The van der Waals surface area contributed by atoms with Gasteiger partial charge in [0.25, 0.3) is 11.8 Å². The average molecular weight is 559 g/mol. The molecule has 0 spiro atoms. The molecule has 3 aromatic rings. The van der Waals surface area contributed by atoms with Crippen LogP contribution in [0.2, 0.25) is 0 Å². The van der Waals surface area contributed by atoms with E-state index in [2.05, 4.69) is 45.9 Å². The Hall–Kier alpha value is -3.64. The van der Waals surface area contributed by atoms with Crippen LogP contribution in [0.4, 0.5) is 11.5 Å². The van der Waals surface area contributed by atoms with Gasteiger partial charge in [-0.2, -0.15) is 25.3 Å². The van der Waals surface area contributed by atoms with Gasteiger partial charge >= 0.3 is 0 Å². The second-order valence-electron chi connectivity index (χ2n) is 8.24. The molecular weight excluding hydrogens is 528 g/mol. The summed E-state index contributed by atoms with van der Waals surface area (Å²) in [4.78, 5) is 34.5. The lowest BCUT2D eigenvalue weighted by molar-refractivity contribution is 0.101. The summed E-state index contributed by atoms with van der Waals surface area (Å²) in [7, 11) is 3.04. The topological polar surface area (TPSA) is 121 Å². The molecular formula is C26H30N4O6S2. The van der Waals surface area contributed by atoms with E-state index in [0.717, 1.165) is 0 Å². The predicted molar refractivity (Wildman–Crippen MR) is 152 cm³/mol. The molecule has 38 heavy (non-hydrogen) atoms. The zero-order valence-corrected chi connectivity index (χ0v) is 23.2.